The zero-order valence-corrected chi connectivity index (χ0v) is 10.7. The van der Waals surface area contributed by atoms with Gasteiger partial charge in [-0.1, -0.05) is 11.0 Å². The fraction of sp³-hybridized carbons (Fsp3) is 0.500. The molecule has 0 saturated carbocycles. The first-order valence-corrected chi connectivity index (χ1v) is 7.37. The molecule has 0 saturated heterocycles. The zero-order valence-electron chi connectivity index (χ0n) is 9.90. The highest BCUT2D eigenvalue weighted by Gasteiger charge is 2.17. The fourth-order valence-electron chi connectivity index (χ4n) is 2.06. The normalized spacial score (nSPS) is 15.6. The number of fused-ring (bicyclic) bond motifs is 1. The summed E-state index contributed by atoms with van der Waals surface area (Å²) in [6.07, 6.45) is 4.34. The molecule has 0 atom stereocenters. The highest BCUT2D eigenvalue weighted by atomic mass is 32.2. The van der Waals surface area contributed by atoms with Gasteiger partial charge in [0, 0.05) is 0 Å². The van der Waals surface area contributed by atoms with Gasteiger partial charge in [0.25, 0.3) is 10.0 Å². The molecule has 2 rings (SSSR count). The highest BCUT2D eigenvalue weighted by Crippen LogP contribution is 2.23. The van der Waals surface area contributed by atoms with Crippen molar-refractivity contribution in [3.63, 3.8) is 0 Å². The first-order valence-electron chi connectivity index (χ1n) is 5.89. The van der Waals surface area contributed by atoms with E-state index in [4.69, 9.17) is 4.84 Å². The van der Waals surface area contributed by atoms with E-state index in [9.17, 15) is 8.42 Å². The highest BCUT2D eigenvalue weighted by molar-refractivity contribution is 7.89. The molecular weight excluding hydrogens is 238 g/mol. The summed E-state index contributed by atoms with van der Waals surface area (Å²) in [6, 6.07) is 5.32. The molecule has 1 aliphatic carbocycles. The number of sulfonamides is 1. The minimum absolute atomic E-state index is 0.284. The van der Waals surface area contributed by atoms with Gasteiger partial charge in [-0.2, -0.15) is 0 Å². The van der Waals surface area contributed by atoms with Crippen LogP contribution in [-0.4, -0.2) is 15.0 Å². The van der Waals surface area contributed by atoms with Crippen molar-refractivity contribution in [1.29, 1.82) is 0 Å². The third-order valence-electron chi connectivity index (χ3n) is 2.94. The van der Waals surface area contributed by atoms with E-state index < -0.39 is 10.0 Å². The fourth-order valence-corrected chi connectivity index (χ4v) is 2.98. The van der Waals surface area contributed by atoms with Gasteiger partial charge in [0.05, 0.1) is 11.5 Å². The van der Waals surface area contributed by atoms with Crippen LogP contribution in [0.2, 0.25) is 0 Å². The Kier molecular flexibility index (Phi) is 3.81. The Balaban J connectivity index is 2.27. The summed E-state index contributed by atoms with van der Waals surface area (Å²) in [5.41, 5.74) is 2.42. The van der Waals surface area contributed by atoms with Gasteiger partial charge in [-0.25, -0.2) is 8.42 Å². The maximum absolute atomic E-state index is 11.8. The summed E-state index contributed by atoms with van der Waals surface area (Å²) in [7, 11) is -3.53. The number of nitrogens with one attached hydrogen (secondary N) is 1. The second-order valence-electron chi connectivity index (χ2n) is 4.16. The lowest BCUT2D eigenvalue weighted by atomic mass is 9.92. The molecule has 1 aromatic carbocycles. The third kappa shape index (κ3) is 2.86. The number of rotatable bonds is 4. The second-order valence-corrected chi connectivity index (χ2v) is 5.80. The van der Waals surface area contributed by atoms with Gasteiger partial charge in [0.1, 0.15) is 0 Å². The van der Waals surface area contributed by atoms with E-state index in [0.717, 1.165) is 24.8 Å². The summed E-state index contributed by atoms with van der Waals surface area (Å²) in [5.74, 6) is 0. The van der Waals surface area contributed by atoms with Crippen LogP contribution in [0.25, 0.3) is 0 Å². The van der Waals surface area contributed by atoms with Gasteiger partial charge >= 0.3 is 0 Å². The lowest BCUT2D eigenvalue weighted by Gasteiger charge is -2.16. The Labute approximate surface area is 102 Å². The smallest absolute Gasteiger partial charge is 0.262 e. The summed E-state index contributed by atoms with van der Waals surface area (Å²) in [5, 5.41) is 0. The van der Waals surface area contributed by atoms with Crippen LogP contribution < -0.4 is 4.89 Å². The van der Waals surface area contributed by atoms with Crippen LogP contribution in [0.1, 0.15) is 30.9 Å². The summed E-state index contributed by atoms with van der Waals surface area (Å²) >= 11 is 0. The van der Waals surface area contributed by atoms with Crippen LogP contribution in [-0.2, 0) is 27.7 Å². The lowest BCUT2D eigenvalue weighted by molar-refractivity contribution is 0.105. The van der Waals surface area contributed by atoms with E-state index in [1.807, 2.05) is 6.07 Å². The largest absolute Gasteiger partial charge is 0.287 e. The number of hydrogen-bond donors (Lipinski definition) is 1. The minimum atomic E-state index is -3.53. The Bertz CT molecular complexity index is 496. The molecule has 17 heavy (non-hydrogen) atoms. The van der Waals surface area contributed by atoms with E-state index >= 15 is 0 Å². The van der Waals surface area contributed by atoms with Gasteiger partial charge in [0.2, 0.25) is 0 Å². The molecule has 5 heteroatoms. The van der Waals surface area contributed by atoms with Gasteiger partial charge in [-0.15, -0.1) is 0 Å². The van der Waals surface area contributed by atoms with Crippen molar-refractivity contribution < 1.29 is 13.3 Å². The first kappa shape index (κ1) is 12.5. The molecule has 0 radical (unpaired) electrons. The molecule has 1 aliphatic rings. The van der Waals surface area contributed by atoms with Crippen molar-refractivity contribution in [3.8, 4) is 0 Å². The summed E-state index contributed by atoms with van der Waals surface area (Å²) < 4.78 is 23.7. The van der Waals surface area contributed by atoms with E-state index in [1.54, 1.807) is 19.1 Å². The zero-order chi connectivity index (χ0) is 12.3. The quantitative estimate of drug-likeness (QED) is 0.835. The van der Waals surface area contributed by atoms with Crippen LogP contribution in [0.4, 0.5) is 0 Å². The molecular formula is C12H17NO3S. The molecule has 1 N–H and O–H groups in total. The van der Waals surface area contributed by atoms with E-state index in [-0.39, 0.29) is 4.90 Å². The molecule has 0 spiro atoms. The number of aryl methyl sites for hydroxylation is 2. The second kappa shape index (κ2) is 5.16. The molecule has 0 aliphatic heterocycles. The summed E-state index contributed by atoms with van der Waals surface area (Å²) in [4.78, 5) is 7.15. The molecule has 0 bridgehead atoms. The predicted molar refractivity (Wildman–Crippen MR) is 65.0 cm³/mol. The summed E-state index contributed by atoms with van der Waals surface area (Å²) in [6.45, 7) is 2.04. The molecule has 4 nitrogen and oxygen atoms in total. The topological polar surface area (TPSA) is 55.4 Å². The molecule has 1 aromatic rings. The van der Waals surface area contributed by atoms with Gasteiger partial charge in [-0.3, -0.25) is 4.84 Å². The average molecular weight is 255 g/mol. The Morgan fingerprint density at radius 3 is 2.65 bits per heavy atom. The standard InChI is InChI=1S/C12H17NO3S/c1-2-16-13-17(14,15)12-8-7-10-5-3-4-6-11(10)9-12/h7-9,13H,2-6H2,1H3. The number of benzene rings is 1. The van der Waals surface area contributed by atoms with Crippen LogP contribution in [0, 0.1) is 0 Å². The van der Waals surface area contributed by atoms with Crippen molar-refractivity contribution in [2.45, 2.75) is 37.5 Å². The number of hydrogen-bond acceptors (Lipinski definition) is 3. The minimum Gasteiger partial charge on any atom is -0.287 e. The van der Waals surface area contributed by atoms with E-state index in [2.05, 4.69) is 4.89 Å². The molecule has 0 unspecified atom stereocenters. The van der Waals surface area contributed by atoms with Crippen molar-refractivity contribution in [2.75, 3.05) is 6.61 Å². The molecule has 0 amide bonds. The van der Waals surface area contributed by atoms with Crippen LogP contribution in [0.3, 0.4) is 0 Å². The predicted octanol–water partition coefficient (Wildman–Crippen LogP) is 1.80. The van der Waals surface area contributed by atoms with Gasteiger partial charge < -0.3 is 0 Å². The van der Waals surface area contributed by atoms with Crippen molar-refractivity contribution in [1.82, 2.24) is 4.89 Å². The third-order valence-corrected chi connectivity index (χ3v) is 4.16. The maximum Gasteiger partial charge on any atom is 0.262 e. The van der Waals surface area contributed by atoms with E-state index in [1.165, 1.54) is 12.0 Å². The maximum atomic E-state index is 11.8. The molecule has 0 aromatic heterocycles. The molecule has 0 fully saturated rings. The first-order chi connectivity index (χ1) is 8.13. The van der Waals surface area contributed by atoms with Crippen LogP contribution in [0.15, 0.2) is 23.1 Å². The van der Waals surface area contributed by atoms with Gasteiger partial charge in [0.15, 0.2) is 0 Å². The SMILES string of the molecule is CCONS(=O)(=O)c1ccc2c(c1)CCCC2. The van der Waals surface area contributed by atoms with Crippen LogP contribution in [0.5, 0.6) is 0 Å². The lowest BCUT2D eigenvalue weighted by Crippen LogP contribution is -2.24. The van der Waals surface area contributed by atoms with Crippen molar-refractivity contribution in [3.05, 3.63) is 29.3 Å². The Hall–Kier alpha value is -0.910. The van der Waals surface area contributed by atoms with E-state index in [0.29, 0.717) is 6.61 Å². The van der Waals surface area contributed by atoms with Crippen molar-refractivity contribution >= 4 is 10.0 Å². The monoisotopic (exact) mass is 255 g/mol. The van der Waals surface area contributed by atoms with Crippen LogP contribution >= 0.6 is 0 Å². The van der Waals surface area contributed by atoms with Gasteiger partial charge in [-0.05, 0) is 55.9 Å². The average Bonchev–Trinajstić information content (AvgIpc) is 2.36. The Morgan fingerprint density at radius 2 is 1.94 bits per heavy atom. The van der Waals surface area contributed by atoms with Crippen molar-refractivity contribution in [2.24, 2.45) is 0 Å². The molecule has 94 valence electrons. The Morgan fingerprint density at radius 1 is 1.24 bits per heavy atom. The molecule has 0 heterocycles.